The number of hydrogen-bond acceptors (Lipinski definition) is 2. The zero-order valence-corrected chi connectivity index (χ0v) is 45.8. The second-order valence-electron chi connectivity index (χ2n) is 21.7. The second kappa shape index (κ2) is 20.4. The molecule has 0 saturated heterocycles. The molecule has 0 aliphatic rings. The van der Waals surface area contributed by atoms with Crippen LogP contribution in [0.2, 0.25) is 0 Å². The normalized spacial score (nSPS) is 11.6. The van der Waals surface area contributed by atoms with Crippen LogP contribution in [0.25, 0.3) is 155 Å². The first-order chi connectivity index (χ1) is 41.6. The standard InChI is InChI=1S/C80H52N4/c1-7-19-53(20-8-1)61-35-45-73-69(49-61)70-50-62(54-21-9-2-10-22-54)36-46-74(70)83(73)65-39-31-59(32-40-65)77-78(82-80-68(58-29-17-6-18-30-58)44-43-67(79(80)81-77)57-27-15-5-16-28-57)60-33-41-66(42-34-60)84-75-47-37-63(55-23-11-3-12-24-55)51-71(75)72-52-64(38-48-76(72)84)56-25-13-4-14-26-56/h1-52H. The van der Waals surface area contributed by atoms with Crippen LogP contribution in [0, 0.1) is 0 Å². The van der Waals surface area contributed by atoms with Crippen molar-refractivity contribution in [1.82, 2.24) is 19.1 Å². The van der Waals surface area contributed by atoms with Gasteiger partial charge in [-0.3, -0.25) is 0 Å². The molecule has 0 amide bonds. The fourth-order valence-corrected chi connectivity index (χ4v) is 12.6. The van der Waals surface area contributed by atoms with E-state index in [1.807, 2.05) is 0 Å². The average molecular weight is 1070 g/mol. The molecular weight excluding hydrogens is 1020 g/mol. The van der Waals surface area contributed by atoms with Gasteiger partial charge in [0, 0.05) is 55.2 Å². The van der Waals surface area contributed by atoms with Crippen LogP contribution in [-0.4, -0.2) is 19.1 Å². The van der Waals surface area contributed by atoms with E-state index in [1.54, 1.807) is 0 Å². The highest BCUT2D eigenvalue weighted by molar-refractivity contribution is 6.13. The lowest BCUT2D eigenvalue weighted by Gasteiger charge is -2.17. The maximum absolute atomic E-state index is 5.80. The van der Waals surface area contributed by atoms with Gasteiger partial charge in [-0.15, -0.1) is 0 Å². The Bertz CT molecular complexity index is 4590. The van der Waals surface area contributed by atoms with Gasteiger partial charge >= 0.3 is 0 Å². The Morgan fingerprint density at radius 3 is 0.690 bits per heavy atom. The predicted octanol–water partition coefficient (Wildman–Crippen LogP) is 21.2. The van der Waals surface area contributed by atoms with Gasteiger partial charge in [0.15, 0.2) is 0 Å². The summed E-state index contributed by atoms with van der Waals surface area (Å²) in [6, 6.07) is 114. The first kappa shape index (κ1) is 48.7. The van der Waals surface area contributed by atoms with Crippen LogP contribution in [-0.2, 0) is 0 Å². The van der Waals surface area contributed by atoms with Gasteiger partial charge < -0.3 is 9.13 Å². The van der Waals surface area contributed by atoms with Crippen LogP contribution < -0.4 is 0 Å². The molecule has 0 N–H and O–H groups in total. The van der Waals surface area contributed by atoms with Gasteiger partial charge in [-0.1, -0.05) is 243 Å². The molecule has 0 fully saturated rings. The van der Waals surface area contributed by atoms with Crippen LogP contribution in [0.4, 0.5) is 0 Å². The molecule has 0 radical (unpaired) electrons. The van der Waals surface area contributed by atoms with E-state index in [0.29, 0.717) is 0 Å². The van der Waals surface area contributed by atoms with Crippen molar-refractivity contribution in [3.05, 3.63) is 315 Å². The first-order valence-electron chi connectivity index (χ1n) is 28.7. The van der Waals surface area contributed by atoms with E-state index < -0.39 is 0 Å². The van der Waals surface area contributed by atoms with E-state index in [2.05, 4.69) is 325 Å². The highest BCUT2D eigenvalue weighted by atomic mass is 15.0. The lowest BCUT2D eigenvalue weighted by Crippen LogP contribution is -2.00. The SMILES string of the molecule is c1ccc(-c2ccc3c(c2)c2cc(-c4ccccc4)ccc2n3-c2ccc(-c3nc4c(-c5ccccc5)ccc(-c5ccccc5)c4nc3-c3ccc(-n4c5ccc(-c6ccccc6)cc5c5cc(-c6ccccc6)ccc54)cc3)cc2)cc1. The minimum atomic E-state index is 0.810. The van der Waals surface area contributed by atoms with Gasteiger partial charge in [0.05, 0.1) is 44.5 Å². The summed E-state index contributed by atoms with van der Waals surface area (Å²) >= 11 is 0. The Morgan fingerprint density at radius 1 is 0.190 bits per heavy atom. The average Bonchev–Trinajstić information content (AvgIpc) is 1.97. The van der Waals surface area contributed by atoms with Crippen molar-refractivity contribution in [1.29, 1.82) is 0 Å². The lowest BCUT2D eigenvalue weighted by molar-refractivity contribution is 1.18. The van der Waals surface area contributed by atoms with E-state index in [9.17, 15) is 0 Å². The zero-order valence-electron chi connectivity index (χ0n) is 45.8. The largest absolute Gasteiger partial charge is 0.309 e. The Morgan fingerprint density at radius 2 is 0.429 bits per heavy atom. The molecule has 0 aliphatic carbocycles. The van der Waals surface area contributed by atoms with Crippen LogP contribution in [0.3, 0.4) is 0 Å². The minimum absolute atomic E-state index is 0.810. The molecule has 0 unspecified atom stereocenters. The zero-order chi connectivity index (χ0) is 55.5. The topological polar surface area (TPSA) is 35.6 Å². The Hall–Kier alpha value is -11.2. The van der Waals surface area contributed by atoms with Crippen molar-refractivity contribution in [2.75, 3.05) is 0 Å². The van der Waals surface area contributed by atoms with Crippen LogP contribution in [0.1, 0.15) is 0 Å². The Balaban J connectivity index is 0.875. The highest BCUT2D eigenvalue weighted by Gasteiger charge is 2.22. The number of aromatic nitrogens is 4. The summed E-state index contributed by atoms with van der Waals surface area (Å²) in [5.41, 5.74) is 25.7. The Kier molecular flexibility index (Phi) is 11.8. The maximum Gasteiger partial charge on any atom is 0.0979 e. The summed E-state index contributed by atoms with van der Waals surface area (Å²) in [5, 5.41) is 4.82. The Labute approximate surface area is 487 Å². The van der Waals surface area contributed by atoms with Crippen LogP contribution in [0.5, 0.6) is 0 Å². The molecule has 16 rings (SSSR count). The van der Waals surface area contributed by atoms with Crippen molar-refractivity contribution in [3.8, 4) is 101 Å². The van der Waals surface area contributed by atoms with Crippen LogP contribution in [0.15, 0.2) is 315 Å². The highest BCUT2D eigenvalue weighted by Crippen LogP contribution is 2.43. The minimum Gasteiger partial charge on any atom is -0.309 e. The summed E-state index contributed by atoms with van der Waals surface area (Å²) < 4.78 is 4.81. The van der Waals surface area contributed by atoms with Gasteiger partial charge in [0.1, 0.15) is 0 Å². The molecule has 13 aromatic carbocycles. The summed E-state index contributed by atoms with van der Waals surface area (Å²) in [6.07, 6.45) is 0. The van der Waals surface area contributed by atoms with Crippen molar-refractivity contribution in [2.45, 2.75) is 0 Å². The number of nitrogens with zero attached hydrogens (tertiary/aromatic N) is 4. The van der Waals surface area contributed by atoms with E-state index in [4.69, 9.17) is 9.97 Å². The van der Waals surface area contributed by atoms with Crippen molar-refractivity contribution in [3.63, 3.8) is 0 Å². The molecular formula is C80H52N4. The van der Waals surface area contributed by atoms with E-state index in [1.165, 1.54) is 66.1 Å². The number of fused-ring (bicyclic) bond motifs is 7. The van der Waals surface area contributed by atoms with Gasteiger partial charge in [-0.2, -0.15) is 0 Å². The van der Waals surface area contributed by atoms with Crippen LogP contribution >= 0.6 is 0 Å². The molecule has 4 heteroatoms. The molecule has 392 valence electrons. The molecule has 84 heavy (non-hydrogen) atoms. The van der Waals surface area contributed by atoms with E-state index in [0.717, 1.165) is 89.2 Å². The molecule has 0 bridgehead atoms. The molecule has 0 aliphatic heterocycles. The number of benzene rings is 13. The van der Waals surface area contributed by atoms with Crippen molar-refractivity contribution < 1.29 is 0 Å². The molecule has 0 saturated carbocycles. The van der Waals surface area contributed by atoms with Gasteiger partial charge in [-0.05, 0) is 128 Å². The number of hydrogen-bond donors (Lipinski definition) is 0. The van der Waals surface area contributed by atoms with Crippen molar-refractivity contribution in [2.24, 2.45) is 0 Å². The summed E-state index contributed by atoms with van der Waals surface area (Å²) in [7, 11) is 0. The molecule has 0 spiro atoms. The van der Waals surface area contributed by atoms with Crippen molar-refractivity contribution >= 4 is 54.6 Å². The number of rotatable bonds is 10. The first-order valence-corrected chi connectivity index (χ1v) is 28.7. The predicted molar refractivity (Wildman–Crippen MR) is 352 cm³/mol. The third-order valence-corrected chi connectivity index (χ3v) is 16.7. The van der Waals surface area contributed by atoms with Gasteiger partial charge in [0.2, 0.25) is 0 Å². The van der Waals surface area contributed by atoms with E-state index in [-0.39, 0.29) is 0 Å². The van der Waals surface area contributed by atoms with E-state index >= 15 is 0 Å². The quantitative estimate of drug-likeness (QED) is 0.137. The lowest BCUT2D eigenvalue weighted by atomic mass is 9.96. The smallest absolute Gasteiger partial charge is 0.0979 e. The summed E-state index contributed by atoms with van der Waals surface area (Å²) in [5.74, 6) is 0. The molecule has 16 aromatic rings. The molecule has 4 nitrogen and oxygen atoms in total. The summed E-state index contributed by atoms with van der Waals surface area (Å²) in [4.78, 5) is 11.6. The van der Waals surface area contributed by atoms with Gasteiger partial charge in [-0.25, -0.2) is 9.97 Å². The molecule has 3 aromatic heterocycles. The maximum atomic E-state index is 5.80. The monoisotopic (exact) mass is 1070 g/mol. The van der Waals surface area contributed by atoms with Gasteiger partial charge in [0.25, 0.3) is 0 Å². The summed E-state index contributed by atoms with van der Waals surface area (Å²) in [6.45, 7) is 0. The second-order valence-corrected chi connectivity index (χ2v) is 21.7. The molecule has 3 heterocycles. The third kappa shape index (κ3) is 8.47. The molecule has 0 atom stereocenters. The third-order valence-electron chi connectivity index (χ3n) is 16.7. The fourth-order valence-electron chi connectivity index (χ4n) is 12.6. The fraction of sp³-hybridized carbons (Fsp3) is 0.